The Balaban J connectivity index is 0.000000282. The van der Waals surface area contributed by atoms with E-state index in [9.17, 15) is 22.2 Å². The van der Waals surface area contributed by atoms with Crippen LogP contribution in [0.25, 0.3) is 21.8 Å². The van der Waals surface area contributed by atoms with Crippen molar-refractivity contribution in [3.63, 3.8) is 0 Å². The molecule has 2 heterocycles. The van der Waals surface area contributed by atoms with Gasteiger partial charge in [0.25, 0.3) is 5.52 Å². The largest absolute Gasteiger partial charge is 0.673 e. The van der Waals surface area contributed by atoms with Gasteiger partial charge in [-0.15, -0.1) is 0 Å². The fourth-order valence-corrected chi connectivity index (χ4v) is 1.89. The summed E-state index contributed by atoms with van der Waals surface area (Å²) in [5.41, 5.74) is 1.54. The molecular weight excluding hydrogens is 289 g/mol. The second-order valence-electron chi connectivity index (χ2n) is 4.01. The maximum atomic E-state index is 10.7. The first-order valence-electron chi connectivity index (χ1n) is 5.79. The van der Waals surface area contributed by atoms with Gasteiger partial charge >= 0.3 is 7.25 Å². The summed E-state index contributed by atoms with van der Waals surface area (Å²) in [7, 11) is -6.00. The summed E-state index contributed by atoms with van der Waals surface area (Å²) in [5.74, 6) is 0. The van der Waals surface area contributed by atoms with Gasteiger partial charge < -0.3 is 17.3 Å². The Morgan fingerprint density at radius 1 is 1.00 bits per heavy atom. The monoisotopic (exact) mass is 297 g/mol. The van der Waals surface area contributed by atoms with E-state index in [4.69, 9.17) is 0 Å². The molecule has 0 spiro atoms. The molecule has 0 bridgehead atoms. The summed E-state index contributed by atoms with van der Waals surface area (Å²) in [6.45, 7) is 0. The second-order valence-corrected chi connectivity index (χ2v) is 4.01. The number of rotatable bonds is 1. The van der Waals surface area contributed by atoms with Gasteiger partial charge in [0.2, 0.25) is 11.5 Å². The molecule has 21 heavy (non-hydrogen) atoms. The number of nitroso groups, excluding NO2 is 1. The second kappa shape index (κ2) is 5.82. The maximum Gasteiger partial charge on any atom is 0.673 e. The van der Waals surface area contributed by atoms with Crippen molar-refractivity contribution in [1.29, 1.82) is 0 Å². The molecule has 4 nitrogen and oxygen atoms in total. The number of halogens is 4. The molecule has 3 rings (SSSR count). The lowest BCUT2D eigenvalue weighted by Gasteiger charge is -1.97. The van der Waals surface area contributed by atoms with Gasteiger partial charge in [-0.2, -0.15) is 0 Å². The van der Waals surface area contributed by atoms with E-state index in [0.29, 0.717) is 0 Å². The molecule has 0 saturated heterocycles. The quantitative estimate of drug-likeness (QED) is 0.227. The van der Waals surface area contributed by atoms with E-state index in [2.05, 4.69) is 10.3 Å². The van der Waals surface area contributed by atoms with Gasteiger partial charge in [-0.1, -0.05) is 17.0 Å². The minimum absolute atomic E-state index is 0.746. The molecule has 1 aromatic carbocycles. The molecule has 0 N–H and O–H groups in total. The summed E-state index contributed by atoms with van der Waals surface area (Å²) in [6, 6.07) is 11.5. The van der Waals surface area contributed by atoms with Gasteiger partial charge in [0.1, 0.15) is 5.52 Å². The average Bonchev–Trinajstić information content (AvgIpc) is 2.44. The Morgan fingerprint density at radius 3 is 2.29 bits per heavy atom. The van der Waals surface area contributed by atoms with Crippen LogP contribution in [0.2, 0.25) is 0 Å². The molecule has 0 amide bonds. The van der Waals surface area contributed by atoms with E-state index in [1.54, 1.807) is 18.5 Å². The van der Waals surface area contributed by atoms with Crippen molar-refractivity contribution in [2.24, 2.45) is 5.29 Å². The number of hydrogen-bond acceptors (Lipinski definition) is 3. The molecule has 0 fully saturated rings. The van der Waals surface area contributed by atoms with E-state index in [1.807, 2.05) is 30.3 Å². The third-order valence-electron chi connectivity index (χ3n) is 2.60. The highest BCUT2D eigenvalue weighted by Gasteiger charge is 2.20. The highest BCUT2D eigenvalue weighted by Crippen LogP contribution is 2.19. The third kappa shape index (κ3) is 3.71. The zero-order valence-electron chi connectivity index (χ0n) is 10.5. The van der Waals surface area contributed by atoms with Gasteiger partial charge in [0.05, 0.1) is 5.39 Å². The molecule has 0 saturated carbocycles. The Morgan fingerprint density at radius 2 is 1.62 bits per heavy atom. The van der Waals surface area contributed by atoms with Crippen LogP contribution < -0.4 is 4.68 Å². The SMILES string of the molecule is F[B-](F)(F)F.O=N[n+]1cccc2ccc3cccnc3c21. The van der Waals surface area contributed by atoms with E-state index in [-0.39, 0.29) is 0 Å². The minimum Gasteiger partial charge on any atom is -0.418 e. The van der Waals surface area contributed by atoms with E-state index in [0.717, 1.165) is 21.8 Å². The van der Waals surface area contributed by atoms with E-state index < -0.39 is 7.25 Å². The number of hydrogen-bond donors (Lipinski definition) is 0. The smallest absolute Gasteiger partial charge is 0.418 e. The van der Waals surface area contributed by atoms with Crippen molar-refractivity contribution in [2.75, 3.05) is 0 Å². The zero-order valence-corrected chi connectivity index (χ0v) is 10.5. The van der Waals surface area contributed by atoms with Crippen LogP contribution in [0.15, 0.2) is 54.1 Å². The van der Waals surface area contributed by atoms with Crippen LogP contribution in [0.5, 0.6) is 0 Å². The van der Waals surface area contributed by atoms with Crippen molar-refractivity contribution in [1.82, 2.24) is 4.98 Å². The van der Waals surface area contributed by atoms with Crippen molar-refractivity contribution in [3.8, 4) is 0 Å². The van der Waals surface area contributed by atoms with Crippen LogP contribution in [-0.2, 0) is 0 Å². The normalized spacial score (nSPS) is 11.0. The van der Waals surface area contributed by atoms with Crippen LogP contribution in [0, 0.1) is 4.91 Å². The van der Waals surface area contributed by atoms with Gasteiger partial charge in [-0.3, -0.25) is 0 Å². The van der Waals surface area contributed by atoms with E-state index >= 15 is 0 Å². The van der Waals surface area contributed by atoms with Crippen LogP contribution in [-0.4, -0.2) is 12.2 Å². The van der Waals surface area contributed by atoms with Crippen molar-refractivity contribution < 1.29 is 21.9 Å². The van der Waals surface area contributed by atoms with Gasteiger partial charge in [0, 0.05) is 17.6 Å². The molecule has 0 aliphatic heterocycles. The van der Waals surface area contributed by atoms with Crippen LogP contribution >= 0.6 is 0 Å². The lowest BCUT2D eigenvalue weighted by Crippen LogP contribution is -2.26. The minimum atomic E-state index is -6.00. The standard InChI is InChI=1S/C12H8N3O.BF4/c16-14-15-8-2-4-10-6-5-9-3-1-7-13-11(9)12(10)15;2-1(3,4)5/h1-8H;/q+1;-1. The third-order valence-corrected chi connectivity index (χ3v) is 2.60. The van der Waals surface area contributed by atoms with Crippen molar-refractivity contribution in [3.05, 3.63) is 53.7 Å². The fraction of sp³-hybridized carbons (Fsp3) is 0. The first-order valence-corrected chi connectivity index (χ1v) is 5.79. The van der Waals surface area contributed by atoms with Crippen LogP contribution in [0.3, 0.4) is 0 Å². The molecule has 0 radical (unpaired) electrons. The number of fused-ring (bicyclic) bond motifs is 3. The Bertz CT molecular complexity index is 788. The molecule has 0 unspecified atom stereocenters. The van der Waals surface area contributed by atoms with Crippen LogP contribution in [0.4, 0.5) is 17.3 Å². The molecular formula is C12H8BF4N3O. The topological polar surface area (TPSA) is 46.2 Å². The molecule has 0 aliphatic carbocycles. The van der Waals surface area contributed by atoms with Gasteiger partial charge in [-0.25, -0.2) is 4.98 Å². The zero-order chi connectivity index (χ0) is 15.5. The molecule has 9 heteroatoms. The number of aromatic nitrogens is 2. The van der Waals surface area contributed by atoms with Crippen molar-refractivity contribution in [2.45, 2.75) is 0 Å². The summed E-state index contributed by atoms with van der Waals surface area (Å²) < 4.78 is 40.3. The first-order chi connectivity index (χ1) is 9.90. The summed E-state index contributed by atoms with van der Waals surface area (Å²) in [5, 5.41) is 4.93. The first kappa shape index (κ1) is 14.8. The maximum absolute atomic E-state index is 10.7. The number of nitrogens with zero attached hydrogens (tertiary/aromatic N) is 3. The predicted molar refractivity (Wildman–Crippen MR) is 70.8 cm³/mol. The van der Waals surface area contributed by atoms with Crippen molar-refractivity contribution >= 4 is 29.1 Å². The number of pyridine rings is 2. The summed E-state index contributed by atoms with van der Waals surface area (Å²) >= 11 is 0. The Labute approximate surface area is 116 Å². The summed E-state index contributed by atoms with van der Waals surface area (Å²) in [6.07, 6.45) is 3.34. The van der Waals surface area contributed by atoms with Gasteiger partial charge in [0.15, 0.2) is 0 Å². The number of benzene rings is 1. The lowest BCUT2D eigenvalue weighted by molar-refractivity contribution is -0.654. The molecule has 0 aliphatic rings. The summed E-state index contributed by atoms with van der Waals surface area (Å²) in [4.78, 5) is 15.0. The highest BCUT2D eigenvalue weighted by atomic mass is 19.5. The fourth-order valence-electron chi connectivity index (χ4n) is 1.89. The van der Waals surface area contributed by atoms with Gasteiger partial charge in [-0.05, 0) is 22.9 Å². The Hall–Kier alpha value is -2.58. The van der Waals surface area contributed by atoms with Crippen LogP contribution in [0.1, 0.15) is 0 Å². The molecule has 108 valence electrons. The predicted octanol–water partition coefficient (Wildman–Crippen LogP) is 3.51. The van der Waals surface area contributed by atoms with E-state index in [1.165, 1.54) is 4.68 Å². The highest BCUT2D eigenvalue weighted by molar-refractivity contribution is 6.50. The molecule has 2 aromatic heterocycles. The average molecular weight is 297 g/mol. The molecule has 3 aromatic rings. The lowest BCUT2D eigenvalue weighted by atomic mass is 10.1. The molecule has 0 atom stereocenters. The Kier molecular flexibility index (Phi) is 4.11.